The average molecular weight is 415 g/mol. The number of nitro groups is 1. The van der Waals surface area contributed by atoms with Crippen molar-refractivity contribution in [1.82, 2.24) is 9.97 Å². The number of hydrogen-bond acceptors (Lipinski definition) is 9. The molecule has 30 heavy (non-hydrogen) atoms. The summed E-state index contributed by atoms with van der Waals surface area (Å²) in [5.41, 5.74) is 1.28. The zero-order valence-electron chi connectivity index (χ0n) is 17.3. The molecular formula is C20H25N5O5. The van der Waals surface area contributed by atoms with Crippen molar-refractivity contribution in [3.8, 4) is 5.75 Å². The Labute approximate surface area is 174 Å². The highest BCUT2D eigenvalue weighted by Gasteiger charge is 2.33. The van der Waals surface area contributed by atoms with Crippen LogP contribution in [0.1, 0.15) is 25.3 Å². The van der Waals surface area contributed by atoms with Crippen molar-refractivity contribution in [3.63, 3.8) is 0 Å². The van der Waals surface area contributed by atoms with Crippen LogP contribution in [0.2, 0.25) is 0 Å². The molecular weight excluding hydrogens is 390 g/mol. The fraction of sp³-hybridized carbons (Fsp3) is 0.450. The van der Waals surface area contributed by atoms with Crippen LogP contribution < -0.4 is 15.0 Å². The molecule has 0 radical (unpaired) electrons. The number of piperidine rings is 1. The van der Waals surface area contributed by atoms with E-state index in [1.165, 1.54) is 13.4 Å². The standard InChI is InChI=1S/C20H25N5O5/c1-4-30-20(26)14-6-5-9-24(11-14)19-17(25(27)28)18(21-12-22-19)23-15-10-13(2)7-8-16(15)29-3/h7-8,10,12,14H,4-6,9,11H2,1-3H3,(H,21,22,23). The van der Waals surface area contributed by atoms with E-state index in [1.54, 1.807) is 17.9 Å². The Balaban J connectivity index is 1.95. The fourth-order valence-corrected chi connectivity index (χ4v) is 3.53. The molecule has 1 aromatic heterocycles. The summed E-state index contributed by atoms with van der Waals surface area (Å²) in [6.45, 7) is 4.83. The number of nitrogens with zero attached hydrogens (tertiary/aromatic N) is 4. The van der Waals surface area contributed by atoms with Crippen LogP contribution in [0.4, 0.5) is 23.0 Å². The molecule has 1 aliphatic heterocycles. The fourth-order valence-electron chi connectivity index (χ4n) is 3.53. The van der Waals surface area contributed by atoms with Gasteiger partial charge in [0, 0.05) is 13.1 Å². The molecule has 0 spiro atoms. The minimum atomic E-state index is -0.506. The first-order chi connectivity index (χ1) is 14.4. The van der Waals surface area contributed by atoms with Gasteiger partial charge in [0.25, 0.3) is 0 Å². The van der Waals surface area contributed by atoms with Crippen molar-refractivity contribution >= 4 is 29.0 Å². The molecule has 10 nitrogen and oxygen atoms in total. The van der Waals surface area contributed by atoms with E-state index in [4.69, 9.17) is 9.47 Å². The Morgan fingerprint density at radius 1 is 1.40 bits per heavy atom. The van der Waals surface area contributed by atoms with Gasteiger partial charge in [-0.2, -0.15) is 0 Å². The number of benzene rings is 1. The molecule has 0 bridgehead atoms. The van der Waals surface area contributed by atoms with Gasteiger partial charge in [0.2, 0.25) is 11.6 Å². The Morgan fingerprint density at radius 3 is 2.90 bits per heavy atom. The van der Waals surface area contributed by atoms with Crippen LogP contribution in [0.5, 0.6) is 5.75 Å². The summed E-state index contributed by atoms with van der Waals surface area (Å²) in [5, 5.41) is 15.0. The summed E-state index contributed by atoms with van der Waals surface area (Å²) >= 11 is 0. The van der Waals surface area contributed by atoms with E-state index in [9.17, 15) is 14.9 Å². The van der Waals surface area contributed by atoms with Crippen molar-refractivity contribution in [2.75, 3.05) is 37.0 Å². The lowest BCUT2D eigenvalue weighted by molar-refractivity contribution is -0.383. The molecule has 3 rings (SSSR count). The van der Waals surface area contributed by atoms with Crippen LogP contribution >= 0.6 is 0 Å². The molecule has 1 fully saturated rings. The summed E-state index contributed by atoms with van der Waals surface area (Å²) in [6.07, 6.45) is 2.67. The van der Waals surface area contributed by atoms with Gasteiger partial charge in [-0.25, -0.2) is 9.97 Å². The van der Waals surface area contributed by atoms with Gasteiger partial charge in [0.15, 0.2) is 0 Å². The third-order valence-corrected chi connectivity index (χ3v) is 4.93. The maximum atomic E-state index is 12.2. The first-order valence-electron chi connectivity index (χ1n) is 9.77. The number of aromatic nitrogens is 2. The van der Waals surface area contributed by atoms with Crippen LogP contribution in [-0.2, 0) is 9.53 Å². The third-order valence-electron chi connectivity index (χ3n) is 4.93. The summed E-state index contributed by atoms with van der Waals surface area (Å²) < 4.78 is 10.5. The second-order valence-corrected chi connectivity index (χ2v) is 7.02. The van der Waals surface area contributed by atoms with Crippen LogP contribution in [-0.4, -0.2) is 47.7 Å². The lowest BCUT2D eigenvalue weighted by Crippen LogP contribution is -2.40. The number of aryl methyl sites for hydroxylation is 1. The normalized spacial score (nSPS) is 16.1. The lowest BCUT2D eigenvalue weighted by Gasteiger charge is -2.32. The lowest BCUT2D eigenvalue weighted by atomic mass is 9.98. The molecule has 0 amide bonds. The number of methoxy groups -OCH3 is 1. The minimum Gasteiger partial charge on any atom is -0.495 e. The Kier molecular flexibility index (Phi) is 6.65. The molecule has 1 aliphatic rings. The van der Waals surface area contributed by atoms with Crippen LogP contribution in [0, 0.1) is 23.0 Å². The molecule has 1 N–H and O–H groups in total. The number of carbonyl (C=O) groups excluding carboxylic acids is 1. The Hall–Kier alpha value is -3.43. The van der Waals surface area contributed by atoms with E-state index in [2.05, 4.69) is 15.3 Å². The molecule has 10 heteroatoms. The number of hydrogen-bond donors (Lipinski definition) is 1. The zero-order valence-corrected chi connectivity index (χ0v) is 17.3. The first kappa shape index (κ1) is 21.3. The Morgan fingerprint density at radius 2 is 2.20 bits per heavy atom. The van der Waals surface area contributed by atoms with E-state index in [0.717, 1.165) is 5.56 Å². The number of rotatable bonds is 7. The van der Waals surface area contributed by atoms with Crippen molar-refractivity contribution in [2.45, 2.75) is 26.7 Å². The van der Waals surface area contributed by atoms with Crippen LogP contribution in [0.15, 0.2) is 24.5 Å². The van der Waals surface area contributed by atoms with Gasteiger partial charge in [-0.1, -0.05) is 6.07 Å². The molecule has 2 aromatic rings. The van der Waals surface area contributed by atoms with E-state index < -0.39 is 4.92 Å². The molecule has 1 unspecified atom stereocenters. The number of ether oxygens (including phenoxy) is 2. The topological polar surface area (TPSA) is 120 Å². The monoisotopic (exact) mass is 415 g/mol. The van der Waals surface area contributed by atoms with Crippen molar-refractivity contribution in [3.05, 3.63) is 40.2 Å². The second kappa shape index (κ2) is 9.38. The molecule has 0 saturated carbocycles. The van der Waals surface area contributed by atoms with Crippen molar-refractivity contribution < 1.29 is 19.2 Å². The maximum absolute atomic E-state index is 12.2. The maximum Gasteiger partial charge on any atom is 0.353 e. The van der Waals surface area contributed by atoms with Gasteiger partial charge in [0.1, 0.15) is 12.1 Å². The van der Waals surface area contributed by atoms with Gasteiger partial charge in [0.05, 0.1) is 30.2 Å². The van der Waals surface area contributed by atoms with Gasteiger partial charge < -0.3 is 19.7 Å². The Bertz CT molecular complexity index is 936. The summed E-state index contributed by atoms with van der Waals surface area (Å²) in [7, 11) is 1.53. The van der Waals surface area contributed by atoms with Crippen LogP contribution in [0.25, 0.3) is 0 Å². The molecule has 1 atom stereocenters. The highest BCUT2D eigenvalue weighted by molar-refractivity contribution is 5.78. The molecule has 1 aromatic carbocycles. The highest BCUT2D eigenvalue weighted by Crippen LogP contribution is 2.37. The zero-order chi connectivity index (χ0) is 21.7. The molecule has 2 heterocycles. The predicted octanol–water partition coefficient (Wildman–Crippen LogP) is 3.22. The molecule has 1 saturated heterocycles. The minimum absolute atomic E-state index is 0.0622. The highest BCUT2D eigenvalue weighted by atomic mass is 16.6. The van der Waals surface area contributed by atoms with Crippen LogP contribution in [0.3, 0.4) is 0 Å². The predicted molar refractivity (Wildman–Crippen MR) is 111 cm³/mol. The van der Waals surface area contributed by atoms with E-state index in [0.29, 0.717) is 44.0 Å². The summed E-state index contributed by atoms with van der Waals surface area (Å²) in [5.74, 6) is 0.143. The number of carbonyl (C=O) groups is 1. The van der Waals surface area contributed by atoms with Crippen molar-refractivity contribution in [1.29, 1.82) is 0 Å². The summed E-state index contributed by atoms with van der Waals surface area (Å²) in [6, 6.07) is 5.48. The molecule has 160 valence electrons. The number of esters is 1. The van der Waals surface area contributed by atoms with Crippen molar-refractivity contribution in [2.24, 2.45) is 5.92 Å². The summed E-state index contributed by atoms with van der Waals surface area (Å²) in [4.78, 5) is 33.6. The first-order valence-corrected chi connectivity index (χ1v) is 9.77. The second-order valence-electron chi connectivity index (χ2n) is 7.02. The molecule has 0 aliphatic carbocycles. The average Bonchev–Trinajstić information content (AvgIpc) is 2.74. The SMILES string of the molecule is CCOC(=O)C1CCCN(c2ncnc(Nc3cc(C)ccc3OC)c2[N+](=O)[O-])C1. The number of anilines is 3. The van der Waals surface area contributed by atoms with E-state index >= 15 is 0 Å². The quantitative estimate of drug-likeness (QED) is 0.413. The van der Waals surface area contributed by atoms with E-state index in [1.807, 2.05) is 19.1 Å². The van der Waals surface area contributed by atoms with Gasteiger partial charge in [-0.3, -0.25) is 14.9 Å². The smallest absolute Gasteiger partial charge is 0.353 e. The third kappa shape index (κ3) is 4.58. The number of nitrogens with one attached hydrogen (secondary N) is 1. The largest absolute Gasteiger partial charge is 0.495 e. The van der Waals surface area contributed by atoms with Gasteiger partial charge in [-0.15, -0.1) is 0 Å². The van der Waals surface area contributed by atoms with Gasteiger partial charge in [-0.05, 0) is 44.4 Å². The van der Waals surface area contributed by atoms with E-state index in [-0.39, 0.29) is 29.2 Å². The van der Waals surface area contributed by atoms with Gasteiger partial charge >= 0.3 is 11.7 Å².